The highest BCUT2D eigenvalue weighted by atomic mass is 35.5. The van der Waals surface area contributed by atoms with Crippen molar-refractivity contribution < 1.29 is 23.1 Å². The number of ether oxygens (including phenoxy) is 1. The van der Waals surface area contributed by atoms with Gasteiger partial charge in [-0.25, -0.2) is 0 Å². The lowest BCUT2D eigenvalue weighted by Gasteiger charge is -2.12. The van der Waals surface area contributed by atoms with Gasteiger partial charge >= 0.3 is 6.61 Å². The molecule has 0 aliphatic heterocycles. The maximum atomic E-state index is 12.4. The molecule has 8 heteroatoms. The number of alkyl halides is 2. The number of carbonyl (C=O) groups is 2. The van der Waals surface area contributed by atoms with Gasteiger partial charge in [-0.2, -0.15) is 8.78 Å². The van der Waals surface area contributed by atoms with Crippen molar-refractivity contribution in [2.45, 2.75) is 13.5 Å². The molecule has 0 unspecified atom stereocenters. The summed E-state index contributed by atoms with van der Waals surface area (Å²) in [6.07, 6.45) is 1.51. The van der Waals surface area contributed by atoms with Crippen LogP contribution in [0.1, 0.15) is 12.5 Å². The van der Waals surface area contributed by atoms with Gasteiger partial charge in [0.05, 0.1) is 5.02 Å². The SMILES string of the molecule is CC(=O)N/C(=C/c1ccccc1)C(=O)Nc1ccc(OC(F)F)c(Cl)c1. The molecule has 0 radical (unpaired) electrons. The van der Waals surface area contributed by atoms with E-state index >= 15 is 0 Å². The lowest BCUT2D eigenvalue weighted by molar-refractivity contribution is -0.120. The van der Waals surface area contributed by atoms with Gasteiger partial charge in [-0.3, -0.25) is 9.59 Å². The van der Waals surface area contributed by atoms with Crippen LogP contribution in [0.3, 0.4) is 0 Å². The molecule has 0 aromatic heterocycles. The van der Waals surface area contributed by atoms with Crippen molar-refractivity contribution >= 4 is 35.2 Å². The average Bonchev–Trinajstić information content (AvgIpc) is 2.57. The summed E-state index contributed by atoms with van der Waals surface area (Å²) in [6.45, 7) is -1.73. The number of amides is 2. The number of rotatable bonds is 6. The van der Waals surface area contributed by atoms with E-state index in [4.69, 9.17) is 11.6 Å². The van der Waals surface area contributed by atoms with Gasteiger partial charge in [0.15, 0.2) is 0 Å². The third-order valence-corrected chi connectivity index (χ3v) is 3.37. The molecule has 2 aromatic carbocycles. The number of hydrogen-bond donors (Lipinski definition) is 2. The van der Waals surface area contributed by atoms with E-state index in [0.29, 0.717) is 5.56 Å². The fourth-order valence-electron chi connectivity index (χ4n) is 2.03. The Morgan fingerprint density at radius 3 is 2.42 bits per heavy atom. The maximum absolute atomic E-state index is 12.4. The Morgan fingerprint density at radius 1 is 1.15 bits per heavy atom. The highest BCUT2D eigenvalue weighted by molar-refractivity contribution is 6.32. The predicted octanol–water partition coefficient (Wildman–Crippen LogP) is 4.06. The summed E-state index contributed by atoms with van der Waals surface area (Å²) >= 11 is 5.86. The second-order valence-corrected chi connectivity index (χ2v) is 5.53. The first-order valence-electron chi connectivity index (χ1n) is 7.45. The van der Waals surface area contributed by atoms with Gasteiger partial charge in [0, 0.05) is 12.6 Å². The van der Waals surface area contributed by atoms with Crippen molar-refractivity contribution in [3.63, 3.8) is 0 Å². The number of nitrogens with one attached hydrogen (secondary N) is 2. The van der Waals surface area contributed by atoms with Crippen LogP contribution < -0.4 is 15.4 Å². The molecule has 0 aliphatic carbocycles. The molecule has 2 rings (SSSR count). The Balaban J connectivity index is 2.20. The lowest BCUT2D eigenvalue weighted by atomic mass is 10.2. The van der Waals surface area contributed by atoms with Crippen LogP contribution in [-0.4, -0.2) is 18.4 Å². The van der Waals surface area contributed by atoms with Gasteiger partial charge in [0.25, 0.3) is 5.91 Å². The third kappa shape index (κ3) is 5.86. The van der Waals surface area contributed by atoms with Gasteiger partial charge in [0.2, 0.25) is 5.91 Å². The number of hydrogen-bond acceptors (Lipinski definition) is 3. The van der Waals surface area contributed by atoms with E-state index in [1.54, 1.807) is 24.3 Å². The molecule has 2 aromatic rings. The first-order valence-corrected chi connectivity index (χ1v) is 7.83. The molecule has 0 aliphatic rings. The first-order chi connectivity index (χ1) is 12.3. The molecule has 136 valence electrons. The predicted molar refractivity (Wildman–Crippen MR) is 94.9 cm³/mol. The molecule has 0 spiro atoms. The fraction of sp³-hybridized carbons (Fsp3) is 0.111. The molecule has 0 fully saturated rings. The molecule has 2 N–H and O–H groups in total. The summed E-state index contributed by atoms with van der Waals surface area (Å²) in [5.41, 5.74) is 0.990. The van der Waals surface area contributed by atoms with Crippen molar-refractivity contribution in [3.8, 4) is 5.75 Å². The van der Waals surface area contributed by atoms with Crippen molar-refractivity contribution in [2.24, 2.45) is 0 Å². The zero-order valence-electron chi connectivity index (χ0n) is 13.6. The lowest BCUT2D eigenvalue weighted by Crippen LogP contribution is -2.28. The van der Waals surface area contributed by atoms with Gasteiger partial charge in [0.1, 0.15) is 11.4 Å². The Hall–Kier alpha value is -2.93. The highest BCUT2D eigenvalue weighted by Gasteiger charge is 2.14. The Kier molecular flexibility index (Phi) is 6.68. The number of benzene rings is 2. The molecular weight excluding hydrogens is 366 g/mol. The van der Waals surface area contributed by atoms with Crippen LogP contribution in [0.25, 0.3) is 6.08 Å². The van der Waals surface area contributed by atoms with Crippen LogP contribution in [0.15, 0.2) is 54.2 Å². The Bertz CT molecular complexity index is 826. The average molecular weight is 381 g/mol. The normalized spacial score (nSPS) is 11.2. The summed E-state index contributed by atoms with van der Waals surface area (Å²) < 4.78 is 28.7. The minimum absolute atomic E-state index is 0.0210. The second-order valence-electron chi connectivity index (χ2n) is 5.13. The minimum Gasteiger partial charge on any atom is -0.433 e. The standard InChI is InChI=1S/C18H15ClF2N2O3/c1-11(24)22-15(9-12-5-3-2-4-6-12)17(25)23-13-7-8-16(14(19)10-13)26-18(20)21/h2-10,18H,1H3,(H,22,24)(H,23,25)/b15-9+. The molecule has 0 heterocycles. The Labute approximate surface area is 153 Å². The molecule has 5 nitrogen and oxygen atoms in total. The van der Waals surface area contributed by atoms with Crippen molar-refractivity contribution in [1.82, 2.24) is 5.32 Å². The highest BCUT2D eigenvalue weighted by Crippen LogP contribution is 2.29. The van der Waals surface area contributed by atoms with Gasteiger partial charge < -0.3 is 15.4 Å². The van der Waals surface area contributed by atoms with Gasteiger partial charge in [-0.05, 0) is 29.8 Å². The minimum atomic E-state index is -3.01. The molecule has 0 bridgehead atoms. The van der Waals surface area contributed by atoms with Crippen LogP contribution >= 0.6 is 11.6 Å². The molecular formula is C18H15ClF2N2O3. The van der Waals surface area contributed by atoms with Crippen LogP contribution in [0, 0.1) is 0 Å². The summed E-state index contributed by atoms with van der Waals surface area (Å²) in [5.74, 6) is -1.22. The second kappa shape index (κ2) is 8.96. The van der Waals surface area contributed by atoms with E-state index in [1.807, 2.05) is 6.07 Å². The number of halogens is 3. The zero-order chi connectivity index (χ0) is 19.1. The molecule has 0 saturated heterocycles. The molecule has 2 amide bonds. The molecule has 0 saturated carbocycles. The summed E-state index contributed by atoms with van der Waals surface area (Å²) in [7, 11) is 0. The summed E-state index contributed by atoms with van der Waals surface area (Å²) in [5, 5.41) is 4.91. The van der Waals surface area contributed by atoms with Crippen molar-refractivity contribution in [1.29, 1.82) is 0 Å². The van der Waals surface area contributed by atoms with E-state index in [-0.39, 0.29) is 22.2 Å². The fourth-order valence-corrected chi connectivity index (χ4v) is 2.26. The van der Waals surface area contributed by atoms with E-state index in [9.17, 15) is 18.4 Å². The quantitative estimate of drug-likeness (QED) is 0.743. The van der Waals surface area contributed by atoms with Crippen LogP contribution in [0.4, 0.5) is 14.5 Å². The molecule has 26 heavy (non-hydrogen) atoms. The van der Waals surface area contributed by atoms with E-state index in [1.165, 1.54) is 31.2 Å². The van der Waals surface area contributed by atoms with E-state index in [2.05, 4.69) is 15.4 Å². The number of carbonyl (C=O) groups excluding carboxylic acids is 2. The zero-order valence-corrected chi connectivity index (χ0v) is 14.4. The van der Waals surface area contributed by atoms with Crippen molar-refractivity contribution in [3.05, 3.63) is 64.8 Å². The maximum Gasteiger partial charge on any atom is 0.387 e. The van der Waals surface area contributed by atoms with Crippen LogP contribution in [0.5, 0.6) is 5.75 Å². The molecule has 0 atom stereocenters. The van der Waals surface area contributed by atoms with Crippen LogP contribution in [-0.2, 0) is 9.59 Å². The van der Waals surface area contributed by atoms with E-state index in [0.717, 1.165) is 0 Å². The largest absolute Gasteiger partial charge is 0.433 e. The first kappa shape index (κ1) is 19.4. The van der Waals surface area contributed by atoms with Crippen molar-refractivity contribution in [2.75, 3.05) is 5.32 Å². The van der Waals surface area contributed by atoms with E-state index < -0.39 is 18.4 Å². The Morgan fingerprint density at radius 2 is 1.85 bits per heavy atom. The van der Waals surface area contributed by atoms with Gasteiger partial charge in [-0.15, -0.1) is 0 Å². The monoisotopic (exact) mass is 380 g/mol. The van der Waals surface area contributed by atoms with Gasteiger partial charge in [-0.1, -0.05) is 41.9 Å². The smallest absolute Gasteiger partial charge is 0.387 e. The third-order valence-electron chi connectivity index (χ3n) is 3.07. The summed E-state index contributed by atoms with van der Waals surface area (Å²) in [6, 6.07) is 12.8. The number of anilines is 1. The van der Waals surface area contributed by atoms with Crippen LogP contribution in [0.2, 0.25) is 5.02 Å². The topological polar surface area (TPSA) is 67.4 Å². The summed E-state index contributed by atoms with van der Waals surface area (Å²) in [4.78, 5) is 23.8.